The summed E-state index contributed by atoms with van der Waals surface area (Å²) in [6, 6.07) is 5.43. The van der Waals surface area contributed by atoms with Crippen molar-refractivity contribution in [2.45, 2.75) is 6.54 Å². The second kappa shape index (κ2) is 6.70. The fourth-order valence-electron chi connectivity index (χ4n) is 2.62. The molecular weight excluding hydrogens is 296 g/mol. The summed E-state index contributed by atoms with van der Waals surface area (Å²) in [5, 5.41) is 0. The number of carbonyl (C=O) groups is 1. The highest BCUT2D eigenvalue weighted by Gasteiger charge is 2.24. The number of pyridine rings is 1. The molecule has 23 heavy (non-hydrogen) atoms. The lowest BCUT2D eigenvalue weighted by Gasteiger charge is -2.35. The molecule has 2 aromatic heterocycles. The predicted molar refractivity (Wildman–Crippen MR) is 85.5 cm³/mol. The third-order valence-electron chi connectivity index (χ3n) is 3.95. The highest BCUT2D eigenvalue weighted by atomic mass is 16.5. The number of carbonyl (C=O) groups excluding carboxylic acids is 1. The Balaban J connectivity index is 1.62. The molecule has 0 aliphatic carbocycles. The van der Waals surface area contributed by atoms with Gasteiger partial charge in [0.2, 0.25) is 0 Å². The molecule has 7 nitrogen and oxygen atoms in total. The van der Waals surface area contributed by atoms with Crippen LogP contribution in [0.3, 0.4) is 0 Å². The first-order valence-electron chi connectivity index (χ1n) is 7.53. The number of aromatic nitrogens is 1. The first-order valence-corrected chi connectivity index (χ1v) is 7.53. The van der Waals surface area contributed by atoms with E-state index in [-0.39, 0.29) is 5.91 Å². The van der Waals surface area contributed by atoms with Crippen LogP contribution in [0.5, 0.6) is 5.75 Å². The highest BCUT2D eigenvalue weighted by molar-refractivity contribution is 5.94. The van der Waals surface area contributed by atoms with Gasteiger partial charge in [-0.2, -0.15) is 0 Å². The average Bonchev–Trinajstić information content (AvgIpc) is 3.10. The number of anilines is 1. The van der Waals surface area contributed by atoms with Crippen LogP contribution in [0, 0.1) is 0 Å². The van der Waals surface area contributed by atoms with Crippen LogP contribution in [0.2, 0.25) is 0 Å². The summed E-state index contributed by atoms with van der Waals surface area (Å²) < 4.78 is 10.5. The minimum atomic E-state index is -0.0216. The average molecular weight is 316 g/mol. The van der Waals surface area contributed by atoms with Crippen molar-refractivity contribution >= 4 is 11.7 Å². The molecule has 0 aromatic carbocycles. The van der Waals surface area contributed by atoms with Crippen LogP contribution in [0.1, 0.15) is 16.1 Å². The molecule has 1 amide bonds. The van der Waals surface area contributed by atoms with Crippen molar-refractivity contribution in [3.63, 3.8) is 0 Å². The Morgan fingerprint density at radius 2 is 2.13 bits per heavy atom. The van der Waals surface area contributed by atoms with Crippen molar-refractivity contribution < 1.29 is 13.9 Å². The van der Waals surface area contributed by atoms with Crippen LogP contribution >= 0.6 is 0 Å². The van der Waals surface area contributed by atoms with E-state index >= 15 is 0 Å². The van der Waals surface area contributed by atoms with Gasteiger partial charge in [0.05, 0.1) is 19.2 Å². The Hall–Kier alpha value is -2.54. The van der Waals surface area contributed by atoms with Gasteiger partial charge in [-0.1, -0.05) is 0 Å². The second-order valence-corrected chi connectivity index (χ2v) is 5.34. The molecule has 2 N–H and O–H groups in total. The Morgan fingerprint density at radius 3 is 2.78 bits per heavy atom. The van der Waals surface area contributed by atoms with E-state index in [0.717, 1.165) is 24.7 Å². The quantitative estimate of drug-likeness (QED) is 0.909. The molecular formula is C16H20N4O3. The number of furan rings is 1. The minimum absolute atomic E-state index is 0.0216. The van der Waals surface area contributed by atoms with E-state index in [1.54, 1.807) is 19.4 Å². The molecule has 0 unspecified atom stereocenters. The molecule has 0 radical (unpaired) electrons. The number of amides is 1. The molecule has 0 saturated carbocycles. The van der Waals surface area contributed by atoms with E-state index in [0.29, 0.717) is 31.0 Å². The summed E-state index contributed by atoms with van der Waals surface area (Å²) in [4.78, 5) is 20.8. The third kappa shape index (κ3) is 3.29. The SMILES string of the molecule is COc1ccnc(N2CCN(C(=O)c3coc(CN)c3)CC2)c1. The zero-order valence-corrected chi connectivity index (χ0v) is 13.1. The molecule has 1 aliphatic heterocycles. The molecule has 0 spiro atoms. The molecule has 1 saturated heterocycles. The molecule has 7 heteroatoms. The van der Waals surface area contributed by atoms with Gasteiger partial charge in [-0.3, -0.25) is 4.79 Å². The summed E-state index contributed by atoms with van der Waals surface area (Å²) in [5.41, 5.74) is 6.06. The maximum absolute atomic E-state index is 12.4. The van der Waals surface area contributed by atoms with Gasteiger partial charge in [0.25, 0.3) is 5.91 Å². The summed E-state index contributed by atoms with van der Waals surface area (Å²) >= 11 is 0. The van der Waals surface area contributed by atoms with E-state index in [1.165, 1.54) is 6.26 Å². The zero-order valence-electron chi connectivity index (χ0n) is 13.1. The zero-order chi connectivity index (χ0) is 16.2. The third-order valence-corrected chi connectivity index (χ3v) is 3.95. The topological polar surface area (TPSA) is 84.8 Å². The number of hydrogen-bond donors (Lipinski definition) is 1. The highest BCUT2D eigenvalue weighted by Crippen LogP contribution is 2.20. The van der Waals surface area contributed by atoms with E-state index in [9.17, 15) is 4.79 Å². The summed E-state index contributed by atoms with van der Waals surface area (Å²) in [6.07, 6.45) is 3.20. The van der Waals surface area contributed by atoms with Crippen molar-refractivity contribution in [1.29, 1.82) is 0 Å². The van der Waals surface area contributed by atoms with Crippen molar-refractivity contribution in [3.8, 4) is 5.75 Å². The normalized spacial score (nSPS) is 14.9. The number of ether oxygens (including phenoxy) is 1. The molecule has 1 aliphatic rings. The lowest BCUT2D eigenvalue weighted by molar-refractivity contribution is 0.0746. The van der Waals surface area contributed by atoms with Gasteiger partial charge in [-0.05, 0) is 12.1 Å². The summed E-state index contributed by atoms with van der Waals surface area (Å²) in [5.74, 6) is 2.24. The van der Waals surface area contributed by atoms with Crippen LogP contribution in [0.4, 0.5) is 5.82 Å². The van der Waals surface area contributed by atoms with Crippen LogP contribution in [0.25, 0.3) is 0 Å². The molecule has 0 bridgehead atoms. The maximum Gasteiger partial charge on any atom is 0.257 e. The first-order chi connectivity index (χ1) is 11.2. The molecule has 0 atom stereocenters. The second-order valence-electron chi connectivity index (χ2n) is 5.34. The first kappa shape index (κ1) is 15.4. The van der Waals surface area contributed by atoms with Crippen LogP contribution in [-0.4, -0.2) is 49.1 Å². The molecule has 122 valence electrons. The maximum atomic E-state index is 12.4. The lowest BCUT2D eigenvalue weighted by Crippen LogP contribution is -2.49. The van der Waals surface area contributed by atoms with E-state index in [2.05, 4.69) is 9.88 Å². The Kier molecular flexibility index (Phi) is 4.47. The van der Waals surface area contributed by atoms with E-state index in [4.69, 9.17) is 14.9 Å². The number of methoxy groups -OCH3 is 1. The Morgan fingerprint density at radius 1 is 1.35 bits per heavy atom. The standard InChI is InChI=1S/C16H20N4O3/c1-22-13-2-3-18-15(9-13)19-4-6-20(7-5-19)16(21)12-8-14(10-17)23-11-12/h2-3,8-9,11H,4-7,10,17H2,1H3. The van der Waals surface area contributed by atoms with Gasteiger partial charge in [-0.15, -0.1) is 0 Å². The minimum Gasteiger partial charge on any atom is -0.497 e. The van der Waals surface area contributed by atoms with Crippen LogP contribution in [-0.2, 0) is 6.54 Å². The fraction of sp³-hybridized carbons (Fsp3) is 0.375. The van der Waals surface area contributed by atoms with Crippen molar-refractivity contribution in [2.75, 3.05) is 38.2 Å². The molecule has 3 rings (SSSR count). The molecule has 1 fully saturated rings. The fourth-order valence-corrected chi connectivity index (χ4v) is 2.62. The van der Waals surface area contributed by atoms with E-state index in [1.807, 2.05) is 17.0 Å². The van der Waals surface area contributed by atoms with Gasteiger partial charge in [0, 0.05) is 38.4 Å². The van der Waals surface area contributed by atoms with Gasteiger partial charge in [0.1, 0.15) is 23.6 Å². The van der Waals surface area contributed by atoms with Crippen molar-refractivity contribution in [2.24, 2.45) is 5.73 Å². The van der Waals surface area contributed by atoms with Gasteiger partial charge in [-0.25, -0.2) is 4.98 Å². The molecule has 2 aromatic rings. The van der Waals surface area contributed by atoms with Crippen LogP contribution in [0.15, 0.2) is 35.1 Å². The number of hydrogen-bond acceptors (Lipinski definition) is 6. The smallest absolute Gasteiger partial charge is 0.257 e. The van der Waals surface area contributed by atoms with Crippen molar-refractivity contribution in [1.82, 2.24) is 9.88 Å². The largest absolute Gasteiger partial charge is 0.497 e. The number of rotatable bonds is 4. The monoisotopic (exact) mass is 316 g/mol. The lowest BCUT2D eigenvalue weighted by atomic mass is 10.2. The Bertz CT molecular complexity index is 677. The number of nitrogens with zero attached hydrogens (tertiary/aromatic N) is 3. The van der Waals surface area contributed by atoms with Gasteiger partial charge in [0.15, 0.2) is 0 Å². The van der Waals surface area contributed by atoms with Crippen LogP contribution < -0.4 is 15.4 Å². The summed E-state index contributed by atoms with van der Waals surface area (Å²) in [6.45, 7) is 3.03. The van der Waals surface area contributed by atoms with Gasteiger partial charge < -0.3 is 24.7 Å². The summed E-state index contributed by atoms with van der Waals surface area (Å²) in [7, 11) is 1.64. The molecule has 3 heterocycles. The number of piperazine rings is 1. The van der Waals surface area contributed by atoms with E-state index < -0.39 is 0 Å². The van der Waals surface area contributed by atoms with Gasteiger partial charge >= 0.3 is 0 Å². The predicted octanol–water partition coefficient (Wildman–Crippen LogP) is 1.10. The Labute approximate surface area is 134 Å². The number of nitrogens with two attached hydrogens (primary N) is 1. The van der Waals surface area contributed by atoms with Crippen molar-refractivity contribution in [3.05, 3.63) is 42.0 Å².